The normalized spacial score (nSPS) is 10.6. The number of hydrogen-bond acceptors (Lipinski definition) is 3. The maximum absolute atomic E-state index is 12.0. The molecule has 0 atom stereocenters. The standard InChI is InChI=1S/C16H24O3/c1-3-5-7-8-12-10-13(14(17)9-6-4-2)16(19)11-15(12)18/h10-11,18-19H,3-9H2,1-2H3. The van der Waals surface area contributed by atoms with E-state index in [4.69, 9.17) is 0 Å². The molecule has 3 nitrogen and oxygen atoms in total. The number of aromatic hydroxyl groups is 2. The van der Waals surface area contributed by atoms with Gasteiger partial charge in [-0.25, -0.2) is 0 Å². The highest BCUT2D eigenvalue weighted by Crippen LogP contribution is 2.29. The van der Waals surface area contributed by atoms with E-state index in [-0.39, 0.29) is 17.3 Å². The van der Waals surface area contributed by atoms with Gasteiger partial charge >= 0.3 is 0 Å². The number of rotatable bonds is 8. The van der Waals surface area contributed by atoms with E-state index >= 15 is 0 Å². The van der Waals surface area contributed by atoms with Gasteiger partial charge in [0.05, 0.1) is 5.56 Å². The molecular formula is C16H24O3. The fourth-order valence-electron chi connectivity index (χ4n) is 2.08. The first-order valence-corrected chi connectivity index (χ1v) is 7.18. The summed E-state index contributed by atoms with van der Waals surface area (Å²) in [6, 6.07) is 2.94. The summed E-state index contributed by atoms with van der Waals surface area (Å²) in [4.78, 5) is 12.0. The van der Waals surface area contributed by atoms with Crippen molar-refractivity contribution in [3.8, 4) is 11.5 Å². The number of aryl methyl sites for hydroxylation is 1. The first kappa shape index (κ1) is 15.5. The number of unbranched alkanes of at least 4 members (excludes halogenated alkanes) is 3. The monoisotopic (exact) mass is 264 g/mol. The molecule has 0 aliphatic rings. The Balaban J connectivity index is 2.86. The fraction of sp³-hybridized carbons (Fsp3) is 0.562. The van der Waals surface area contributed by atoms with E-state index in [0.29, 0.717) is 12.0 Å². The topological polar surface area (TPSA) is 57.5 Å². The van der Waals surface area contributed by atoms with Gasteiger partial charge in [-0.1, -0.05) is 33.1 Å². The number of hydrogen-bond donors (Lipinski definition) is 2. The lowest BCUT2D eigenvalue weighted by Crippen LogP contribution is -2.01. The van der Waals surface area contributed by atoms with E-state index < -0.39 is 0 Å². The van der Waals surface area contributed by atoms with Crippen molar-refractivity contribution in [1.82, 2.24) is 0 Å². The van der Waals surface area contributed by atoms with Crippen LogP contribution >= 0.6 is 0 Å². The molecule has 0 fully saturated rings. The molecule has 0 heterocycles. The molecule has 106 valence electrons. The highest BCUT2D eigenvalue weighted by molar-refractivity contribution is 5.99. The maximum Gasteiger partial charge on any atom is 0.166 e. The lowest BCUT2D eigenvalue weighted by molar-refractivity contribution is 0.0977. The minimum absolute atomic E-state index is 0.0453. The van der Waals surface area contributed by atoms with Crippen molar-refractivity contribution in [3.05, 3.63) is 23.3 Å². The van der Waals surface area contributed by atoms with Crippen molar-refractivity contribution in [2.75, 3.05) is 0 Å². The third-order valence-electron chi connectivity index (χ3n) is 3.30. The van der Waals surface area contributed by atoms with Crippen LogP contribution in [0.4, 0.5) is 0 Å². The molecule has 2 N–H and O–H groups in total. The number of phenols is 2. The summed E-state index contributed by atoms with van der Waals surface area (Å²) in [6.45, 7) is 4.15. The zero-order valence-corrected chi connectivity index (χ0v) is 11.9. The van der Waals surface area contributed by atoms with Gasteiger partial charge in [-0.2, -0.15) is 0 Å². The van der Waals surface area contributed by atoms with Crippen LogP contribution < -0.4 is 0 Å². The van der Waals surface area contributed by atoms with Gasteiger partial charge in [-0.15, -0.1) is 0 Å². The summed E-state index contributed by atoms with van der Waals surface area (Å²) in [6.07, 6.45) is 6.16. The van der Waals surface area contributed by atoms with Gasteiger partial charge < -0.3 is 10.2 Å². The van der Waals surface area contributed by atoms with E-state index in [2.05, 4.69) is 6.92 Å². The average molecular weight is 264 g/mol. The molecule has 3 heteroatoms. The quantitative estimate of drug-likeness (QED) is 0.546. The number of Topliss-reactive ketones (excluding diaryl/α,β-unsaturated/α-hetero) is 1. The molecule has 1 rings (SSSR count). The van der Waals surface area contributed by atoms with Gasteiger partial charge in [0.2, 0.25) is 0 Å². The van der Waals surface area contributed by atoms with E-state index in [9.17, 15) is 15.0 Å². The van der Waals surface area contributed by atoms with Crippen LogP contribution in [0.25, 0.3) is 0 Å². The molecule has 0 saturated heterocycles. The van der Waals surface area contributed by atoms with Gasteiger partial charge in [-0.05, 0) is 30.9 Å². The maximum atomic E-state index is 12.0. The molecule has 0 aromatic heterocycles. The first-order valence-electron chi connectivity index (χ1n) is 7.18. The van der Waals surface area contributed by atoms with Crippen LogP contribution in [0.1, 0.15) is 68.3 Å². The summed E-state index contributed by atoms with van der Waals surface area (Å²) in [7, 11) is 0. The van der Waals surface area contributed by atoms with Crippen LogP contribution in [-0.2, 0) is 6.42 Å². The summed E-state index contributed by atoms with van der Waals surface area (Å²) in [5.74, 6) is -0.0745. The highest BCUT2D eigenvalue weighted by Gasteiger charge is 2.14. The minimum atomic E-state index is -0.113. The van der Waals surface area contributed by atoms with Crippen molar-refractivity contribution < 1.29 is 15.0 Å². The Labute approximate surface area is 115 Å². The Morgan fingerprint density at radius 3 is 2.32 bits per heavy atom. The molecule has 0 aliphatic carbocycles. The number of carbonyl (C=O) groups is 1. The van der Waals surface area contributed by atoms with Crippen LogP contribution in [0.2, 0.25) is 0 Å². The average Bonchev–Trinajstić information content (AvgIpc) is 2.38. The van der Waals surface area contributed by atoms with Crippen LogP contribution in [0.3, 0.4) is 0 Å². The molecule has 0 unspecified atom stereocenters. The molecule has 0 spiro atoms. The van der Waals surface area contributed by atoms with Crippen molar-refractivity contribution in [3.63, 3.8) is 0 Å². The van der Waals surface area contributed by atoms with Gasteiger partial charge in [-0.3, -0.25) is 4.79 Å². The van der Waals surface area contributed by atoms with Crippen molar-refractivity contribution in [1.29, 1.82) is 0 Å². The predicted molar refractivity (Wildman–Crippen MR) is 76.9 cm³/mol. The fourth-order valence-corrected chi connectivity index (χ4v) is 2.08. The number of carbonyl (C=O) groups excluding carboxylic acids is 1. The Hall–Kier alpha value is -1.51. The lowest BCUT2D eigenvalue weighted by atomic mass is 9.98. The first-order chi connectivity index (χ1) is 9.10. The Morgan fingerprint density at radius 2 is 1.68 bits per heavy atom. The second-order valence-corrected chi connectivity index (χ2v) is 4.98. The Bertz CT molecular complexity index is 424. The van der Waals surface area contributed by atoms with Crippen LogP contribution in [0.5, 0.6) is 11.5 Å². The molecule has 1 aromatic carbocycles. The van der Waals surface area contributed by atoms with Crippen molar-refractivity contribution in [2.45, 2.75) is 58.8 Å². The molecule has 0 bridgehead atoms. The number of ketones is 1. The SMILES string of the molecule is CCCCCc1cc(C(=O)CCCC)c(O)cc1O. The van der Waals surface area contributed by atoms with E-state index in [1.165, 1.54) is 6.07 Å². The van der Waals surface area contributed by atoms with E-state index in [1.807, 2.05) is 6.92 Å². The summed E-state index contributed by atoms with van der Waals surface area (Å²) in [5.41, 5.74) is 1.10. The summed E-state index contributed by atoms with van der Waals surface area (Å²) < 4.78 is 0. The summed E-state index contributed by atoms with van der Waals surface area (Å²) >= 11 is 0. The van der Waals surface area contributed by atoms with Crippen LogP contribution in [0.15, 0.2) is 12.1 Å². The third kappa shape index (κ3) is 4.58. The molecule has 1 aromatic rings. The van der Waals surface area contributed by atoms with Gasteiger partial charge in [0.15, 0.2) is 5.78 Å². The van der Waals surface area contributed by atoms with E-state index in [1.54, 1.807) is 6.07 Å². The highest BCUT2D eigenvalue weighted by atomic mass is 16.3. The zero-order valence-electron chi connectivity index (χ0n) is 11.9. The van der Waals surface area contributed by atoms with Crippen LogP contribution in [-0.4, -0.2) is 16.0 Å². The molecule has 0 aliphatic heterocycles. The third-order valence-corrected chi connectivity index (χ3v) is 3.30. The number of phenolic OH excluding ortho intramolecular Hbond substituents is 2. The van der Waals surface area contributed by atoms with Crippen molar-refractivity contribution >= 4 is 5.78 Å². The smallest absolute Gasteiger partial charge is 0.166 e. The molecule has 0 saturated carbocycles. The zero-order chi connectivity index (χ0) is 14.3. The Morgan fingerprint density at radius 1 is 1.00 bits per heavy atom. The largest absolute Gasteiger partial charge is 0.508 e. The minimum Gasteiger partial charge on any atom is -0.508 e. The second-order valence-electron chi connectivity index (χ2n) is 4.98. The van der Waals surface area contributed by atoms with Gasteiger partial charge in [0, 0.05) is 12.5 Å². The van der Waals surface area contributed by atoms with Crippen LogP contribution in [0, 0.1) is 0 Å². The number of benzene rings is 1. The second kappa shape index (κ2) is 7.82. The predicted octanol–water partition coefficient (Wildman–Crippen LogP) is 4.20. The summed E-state index contributed by atoms with van der Waals surface area (Å²) in [5, 5.41) is 19.6. The van der Waals surface area contributed by atoms with Crippen molar-refractivity contribution in [2.24, 2.45) is 0 Å². The molecule has 19 heavy (non-hydrogen) atoms. The van der Waals surface area contributed by atoms with E-state index in [0.717, 1.165) is 44.1 Å². The molecule has 0 amide bonds. The van der Waals surface area contributed by atoms with Gasteiger partial charge in [0.1, 0.15) is 11.5 Å². The Kier molecular flexibility index (Phi) is 6.40. The molecule has 0 radical (unpaired) electrons. The van der Waals surface area contributed by atoms with Gasteiger partial charge in [0.25, 0.3) is 0 Å². The molecular weight excluding hydrogens is 240 g/mol. The lowest BCUT2D eigenvalue weighted by Gasteiger charge is -2.09.